The van der Waals surface area contributed by atoms with Crippen LogP contribution in [0.15, 0.2) is 48.7 Å². The molecule has 0 unspecified atom stereocenters. The average molecular weight is 345 g/mol. The molecule has 4 nitrogen and oxygen atoms in total. The van der Waals surface area contributed by atoms with Crippen LogP contribution in [0.4, 0.5) is 18.9 Å². The van der Waals surface area contributed by atoms with Crippen molar-refractivity contribution in [2.45, 2.75) is 12.5 Å². The van der Waals surface area contributed by atoms with Crippen LogP contribution in [0.3, 0.4) is 0 Å². The van der Waals surface area contributed by atoms with Crippen molar-refractivity contribution in [3.05, 3.63) is 71.7 Å². The molecule has 1 aromatic heterocycles. The quantitative estimate of drug-likeness (QED) is 0.714. The Bertz CT molecular complexity index is 923. The Morgan fingerprint density at radius 1 is 1.12 bits per heavy atom. The van der Waals surface area contributed by atoms with Crippen molar-refractivity contribution in [2.75, 3.05) is 5.32 Å². The fourth-order valence-electron chi connectivity index (χ4n) is 2.46. The first-order valence-corrected chi connectivity index (χ1v) is 7.48. The number of nitrogens with zero attached hydrogens (tertiary/aromatic N) is 1. The number of hydrogen-bond acceptors (Lipinski definition) is 3. The first-order valence-electron chi connectivity index (χ1n) is 7.48. The van der Waals surface area contributed by atoms with E-state index in [4.69, 9.17) is 5.73 Å². The lowest BCUT2D eigenvalue weighted by Crippen LogP contribution is -2.37. The zero-order valence-corrected chi connectivity index (χ0v) is 13.0. The molecule has 0 saturated heterocycles. The molecule has 0 spiro atoms. The Balaban J connectivity index is 1.71. The molecule has 0 saturated carbocycles. The molecular formula is C18H14F3N3O. The number of aromatic nitrogens is 1. The molecule has 2 aromatic carbocycles. The van der Waals surface area contributed by atoms with Gasteiger partial charge in [0.1, 0.15) is 0 Å². The number of benzene rings is 2. The van der Waals surface area contributed by atoms with Gasteiger partial charge in [-0.3, -0.25) is 9.78 Å². The molecule has 3 rings (SSSR count). The van der Waals surface area contributed by atoms with Crippen LogP contribution in [-0.4, -0.2) is 16.9 Å². The normalized spacial score (nSPS) is 12.2. The van der Waals surface area contributed by atoms with E-state index in [1.165, 1.54) is 0 Å². The fourth-order valence-corrected chi connectivity index (χ4v) is 2.46. The lowest BCUT2D eigenvalue weighted by molar-refractivity contribution is -0.117. The van der Waals surface area contributed by atoms with Crippen LogP contribution in [0.25, 0.3) is 10.9 Å². The van der Waals surface area contributed by atoms with E-state index in [1.54, 1.807) is 30.5 Å². The van der Waals surface area contributed by atoms with Crippen LogP contribution in [0, 0.1) is 17.5 Å². The Morgan fingerprint density at radius 3 is 2.56 bits per heavy atom. The second kappa shape index (κ2) is 6.90. The fraction of sp³-hybridized carbons (Fsp3) is 0.111. The van der Waals surface area contributed by atoms with Crippen LogP contribution in [0.2, 0.25) is 0 Å². The van der Waals surface area contributed by atoms with E-state index in [9.17, 15) is 18.0 Å². The topological polar surface area (TPSA) is 68.0 Å². The predicted molar refractivity (Wildman–Crippen MR) is 88.4 cm³/mol. The van der Waals surface area contributed by atoms with Gasteiger partial charge in [0.25, 0.3) is 0 Å². The van der Waals surface area contributed by atoms with Crippen LogP contribution >= 0.6 is 0 Å². The van der Waals surface area contributed by atoms with Gasteiger partial charge in [-0.05, 0) is 48.4 Å². The van der Waals surface area contributed by atoms with Gasteiger partial charge in [0.15, 0.2) is 17.5 Å². The molecular weight excluding hydrogens is 331 g/mol. The summed E-state index contributed by atoms with van der Waals surface area (Å²) >= 11 is 0. The molecule has 3 aromatic rings. The van der Waals surface area contributed by atoms with Crippen LogP contribution in [0.1, 0.15) is 5.56 Å². The van der Waals surface area contributed by atoms with Crippen molar-refractivity contribution < 1.29 is 18.0 Å². The molecule has 0 aliphatic heterocycles. The number of amides is 1. The molecule has 7 heteroatoms. The minimum absolute atomic E-state index is 0.0989. The summed E-state index contributed by atoms with van der Waals surface area (Å²) in [5, 5.41) is 3.49. The Kier molecular flexibility index (Phi) is 4.67. The summed E-state index contributed by atoms with van der Waals surface area (Å²) in [5.41, 5.74) is 7.19. The highest BCUT2D eigenvalue weighted by Crippen LogP contribution is 2.18. The number of nitrogens with two attached hydrogens (primary N) is 1. The van der Waals surface area contributed by atoms with Crippen molar-refractivity contribution in [1.82, 2.24) is 4.98 Å². The maximum atomic E-state index is 13.2. The monoisotopic (exact) mass is 345 g/mol. The van der Waals surface area contributed by atoms with Gasteiger partial charge in [0, 0.05) is 17.3 Å². The molecule has 0 bridgehead atoms. The average Bonchev–Trinajstić information content (AvgIpc) is 2.59. The number of halogens is 3. The van der Waals surface area contributed by atoms with E-state index < -0.39 is 29.4 Å². The Labute approximate surface area is 141 Å². The van der Waals surface area contributed by atoms with E-state index >= 15 is 0 Å². The zero-order chi connectivity index (χ0) is 18.0. The van der Waals surface area contributed by atoms with Gasteiger partial charge in [-0.25, -0.2) is 13.2 Å². The third-order valence-electron chi connectivity index (χ3n) is 3.71. The van der Waals surface area contributed by atoms with E-state index in [2.05, 4.69) is 10.3 Å². The molecule has 25 heavy (non-hydrogen) atoms. The smallest absolute Gasteiger partial charge is 0.241 e. The third kappa shape index (κ3) is 3.77. The summed E-state index contributed by atoms with van der Waals surface area (Å²) in [4.78, 5) is 16.4. The first-order chi connectivity index (χ1) is 11.9. The molecule has 0 fully saturated rings. The maximum absolute atomic E-state index is 13.2. The minimum Gasteiger partial charge on any atom is -0.325 e. The van der Waals surface area contributed by atoms with Crippen LogP contribution in [-0.2, 0) is 11.2 Å². The number of anilines is 1. The highest BCUT2D eigenvalue weighted by atomic mass is 19.2. The maximum Gasteiger partial charge on any atom is 0.241 e. The molecule has 1 amide bonds. The van der Waals surface area contributed by atoms with Crippen molar-refractivity contribution in [3.63, 3.8) is 0 Å². The summed E-state index contributed by atoms with van der Waals surface area (Å²) in [6.45, 7) is 0. The molecule has 128 valence electrons. The molecule has 1 heterocycles. The molecule has 1 atom stereocenters. The second-order valence-electron chi connectivity index (χ2n) is 5.58. The summed E-state index contributed by atoms with van der Waals surface area (Å²) in [5.74, 6) is -4.70. The first kappa shape index (κ1) is 16.9. The van der Waals surface area contributed by atoms with Gasteiger partial charge < -0.3 is 11.1 Å². The summed E-state index contributed by atoms with van der Waals surface area (Å²) < 4.78 is 39.4. The second-order valence-corrected chi connectivity index (χ2v) is 5.58. The molecule has 3 N–H and O–H groups in total. The van der Waals surface area contributed by atoms with E-state index in [0.29, 0.717) is 5.69 Å². The number of carbonyl (C=O) groups is 1. The number of fused-ring (bicyclic) bond motifs is 1. The van der Waals surface area contributed by atoms with Gasteiger partial charge in [-0.15, -0.1) is 0 Å². The van der Waals surface area contributed by atoms with Crippen LogP contribution in [0.5, 0.6) is 0 Å². The highest BCUT2D eigenvalue weighted by molar-refractivity contribution is 5.96. The lowest BCUT2D eigenvalue weighted by Gasteiger charge is -2.13. The third-order valence-corrected chi connectivity index (χ3v) is 3.71. The van der Waals surface area contributed by atoms with Gasteiger partial charge in [-0.1, -0.05) is 6.07 Å². The summed E-state index contributed by atoms with van der Waals surface area (Å²) in [7, 11) is 0. The standard InChI is InChI=1S/C18H14F3N3O/c19-13-6-10(7-14(20)17(13)21)8-15(22)18(25)24-12-3-4-16-11(9-12)2-1-5-23-16/h1-7,9,15H,8,22H2,(H,24,25)/t15-/m1/s1. The highest BCUT2D eigenvalue weighted by Gasteiger charge is 2.17. The molecule has 0 aliphatic rings. The van der Waals surface area contributed by atoms with Gasteiger partial charge >= 0.3 is 0 Å². The van der Waals surface area contributed by atoms with Crippen molar-refractivity contribution >= 4 is 22.5 Å². The number of rotatable bonds is 4. The SMILES string of the molecule is N[C@H](Cc1cc(F)c(F)c(F)c1)C(=O)Nc1ccc2ncccc2c1. The predicted octanol–water partition coefficient (Wildman–Crippen LogP) is 3.16. The lowest BCUT2D eigenvalue weighted by atomic mass is 10.1. The number of carbonyl (C=O) groups excluding carboxylic acids is 1. The van der Waals surface area contributed by atoms with E-state index in [0.717, 1.165) is 23.0 Å². The van der Waals surface area contributed by atoms with Gasteiger partial charge in [-0.2, -0.15) is 0 Å². The van der Waals surface area contributed by atoms with Crippen molar-refractivity contribution in [1.29, 1.82) is 0 Å². The minimum atomic E-state index is -1.55. The zero-order valence-electron chi connectivity index (χ0n) is 13.0. The number of hydrogen-bond donors (Lipinski definition) is 2. The molecule has 0 radical (unpaired) electrons. The van der Waals surface area contributed by atoms with Crippen LogP contribution < -0.4 is 11.1 Å². The summed E-state index contributed by atoms with van der Waals surface area (Å²) in [6.07, 6.45) is 1.53. The Hall–Kier alpha value is -2.93. The summed E-state index contributed by atoms with van der Waals surface area (Å²) in [6, 6.07) is 9.40. The van der Waals surface area contributed by atoms with Crippen molar-refractivity contribution in [2.24, 2.45) is 5.73 Å². The van der Waals surface area contributed by atoms with Gasteiger partial charge in [0.2, 0.25) is 5.91 Å². The molecule has 0 aliphatic carbocycles. The van der Waals surface area contributed by atoms with Crippen molar-refractivity contribution in [3.8, 4) is 0 Å². The number of nitrogens with one attached hydrogen (secondary N) is 1. The largest absolute Gasteiger partial charge is 0.325 e. The Morgan fingerprint density at radius 2 is 1.84 bits per heavy atom. The van der Waals surface area contributed by atoms with E-state index in [-0.39, 0.29) is 12.0 Å². The number of pyridine rings is 1. The van der Waals surface area contributed by atoms with Gasteiger partial charge in [0.05, 0.1) is 11.6 Å². The van der Waals surface area contributed by atoms with E-state index in [1.807, 2.05) is 6.07 Å².